The molecule has 0 spiro atoms. The Bertz CT molecular complexity index is 66.1. The van der Waals surface area contributed by atoms with Crippen molar-refractivity contribution in [3.63, 3.8) is 0 Å². The van der Waals surface area contributed by atoms with E-state index in [1.165, 1.54) is 0 Å². The molecule has 0 aromatic rings. The minimum Gasteiger partial charge on any atom is -0.350 e. The Hall–Kier alpha value is 0.350. The Kier molecular flexibility index (Phi) is 5.36. The Morgan fingerprint density at radius 1 is 1.56 bits per heavy atom. The molecule has 9 heavy (non-hydrogen) atoms. The highest BCUT2D eigenvalue weighted by Crippen LogP contribution is 2.30. The van der Waals surface area contributed by atoms with Gasteiger partial charge in [-0.25, -0.2) is 0 Å². The molecule has 0 aliphatic rings. The summed E-state index contributed by atoms with van der Waals surface area (Å²) in [6.45, 7) is 6.74. The van der Waals surface area contributed by atoms with Gasteiger partial charge in [-0.1, -0.05) is 20.8 Å². The van der Waals surface area contributed by atoms with Gasteiger partial charge in [0, 0.05) is 6.16 Å². The van der Waals surface area contributed by atoms with Gasteiger partial charge >= 0.3 is 0 Å². The zero-order valence-corrected chi connectivity index (χ0v) is 7.19. The molecular weight excluding hydrogens is 135 g/mol. The standard InChI is InChI=1S/C6H15O2P/c1-4-9(7)8-5-6(2)3/h6-7H,4-5H2,1-3H3. The van der Waals surface area contributed by atoms with Crippen molar-refractivity contribution in [2.75, 3.05) is 12.8 Å². The van der Waals surface area contributed by atoms with Gasteiger partial charge in [-0.15, -0.1) is 0 Å². The van der Waals surface area contributed by atoms with E-state index in [4.69, 9.17) is 9.42 Å². The lowest BCUT2D eigenvalue weighted by atomic mass is 10.2. The molecule has 1 atom stereocenters. The monoisotopic (exact) mass is 150 g/mol. The number of rotatable bonds is 4. The molecule has 0 radical (unpaired) electrons. The molecular formula is C6H15O2P. The second kappa shape index (κ2) is 5.16. The van der Waals surface area contributed by atoms with Crippen LogP contribution in [0, 0.1) is 5.92 Å². The van der Waals surface area contributed by atoms with Gasteiger partial charge in [0.15, 0.2) is 8.38 Å². The van der Waals surface area contributed by atoms with E-state index in [1.807, 2.05) is 6.92 Å². The maximum absolute atomic E-state index is 8.95. The Morgan fingerprint density at radius 3 is 2.44 bits per heavy atom. The summed E-state index contributed by atoms with van der Waals surface area (Å²) in [6, 6.07) is 0. The molecule has 2 nitrogen and oxygen atoms in total. The van der Waals surface area contributed by atoms with Gasteiger partial charge < -0.3 is 9.42 Å². The normalized spacial score (nSPS) is 14.3. The predicted octanol–water partition coefficient (Wildman–Crippen LogP) is 1.98. The van der Waals surface area contributed by atoms with Crippen molar-refractivity contribution >= 4 is 8.38 Å². The topological polar surface area (TPSA) is 29.5 Å². The van der Waals surface area contributed by atoms with Crippen molar-refractivity contribution in [2.45, 2.75) is 20.8 Å². The lowest BCUT2D eigenvalue weighted by Gasteiger charge is -2.09. The van der Waals surface area contributed by atoms with E-state index in [-0.39, 0.29) is 0 Å². The first-order valence-electron chi connectivity index (χ1n) is 3.26. The molecule has 0 rings (SSSR count). The molecule has 0 aliphatic heterocycles. The SMILES string of the molecule is CCP(O)OCC(C)C. The fourth-order valence-corrected chi connectivity index (χ4v) is 0.979. The molecule has 0 saturated heterocycles. The maximum Gasteiger partial charge on any atom is 0.167 e. The highest BCUT2D eigenvalue weighted by Gasteiger charge is 2.01. The van der Waals surface area contributed by atoms with E-state index in [2.05, 4.69) is 13.8 Å². The minimum absolute atomic E-state index is 0.522. The molecule has 0 amide bonds. The predicted molar refractivity (Wildman–Crippen MR) is 40.5 cm³/mol. The van der Waals surface area contributed by atoms with Gasteiger partial charge in [-0.05, 0) is 5.92 Å². The first-order chi connectivity index (χ1) is 4.16. The smallest absolute Gasteiger partial charge is 0.167 e. The molecule has 0 saturated carbocycles. The molecule has 0 heterocycles. The largest absolute Gasteiger partial charge is 0.350 e. The fraction of sp³-hybridized carbons (Fsp3) is 1.00. The zero-order valence-electron chi connectivity index (χ0n) is 6.29. The van der Waals surface area contributed by atoms with Gasteiger partial charge in [0.25, 0.3) is 0 Å². The quantitative estimate of drug-likeness (QED) is 0.621. The van der Waals surface area contributed by atoms with Crippen molar-refractivity contribution < 1.29 is 9.42 Å². The van der Waals surface area contributed by atoms with Crippen LogP contribution in [0.3, 0.4) is 0 Å². The average molecular weight is 150 g/mol. The van der Waals surface area contributed by atoms with Crippen LogP contribution in [0.25, 0.3) is 0 Å². The summed E-state index contributed by atoms with van der Waals surface area (Å²) in [4.78, 5) is 8.95. The van der Waals surface area contributed by atoms with Gasteiger partial charge in [-0.2, -0.15) is 0 Å². The molecule has 1 N–H and O–H groups in total. The van der Waals surface area contributed by atoms with Crippen LogP contribution in [-0.4, -0.2) is 17.7 Å². The van der Waals surface area contributed by atoms with Crippen LogP contribution in [0.5, 0.6) is 0 Å². The Balaban J connectivity index is 3.06. The summed E-state index contributed by atoms with van der Waals surface area (Å²) in [5.74, 6) is 0.522. The minimum atomic E-state index is -1.11. The summed E-state index contributed by atoms with van der Waals surface area (Å²) >= 11 is 0. The van der Waals surface area contributed by atoms with Crippen LogP contribution in [-0.2, 0) is 4.52 Å². The Morgan fingerprint density at radius 2 is 2.11 bits per heavy atom. The lowest BCUT2D eigenvalue weighted by molar-refractivity contribution is 0.268. The van der Waals surface area contributed by atoms with Crippen LogP contribution in [0.1, 0.15) is 20.8 Å². The maximum atomic E-state index is 8.95. The van der Waals surface area contributed by atoms with E-state index < -0.39 is 8.38 Å². The summed E-state index contributed by atoms with van der Waals surface area (Å²) in [7, 11) is -1.11. The third kappa shape index (κ3) is 6.23. The van der Waals surface area contributed by atoms with Crippen LogP contribution in [0.2, 0.25) is 0 Å². The molecule has 0 fully saturated rings. The Labute approximate surface area is 58.1 Å². The summed E-state index contributed by atoms with van der Waals surface area (Å²) < 4.78 is 5.07. The van der Waals surface area contributed by atoms with E-state index in [0.29, 0.717) is 12.5 Å². The van der Waals surface area contributed by atoms with E-state index in [1.54, 1.807) is 0 Å². The van der Waals surface area contributed by atoms with Gasteiger partial charge in [0.2, 0.25) is 0 Å². The van der Waals surface area contributed by atoms with Crippen LogP contribution in [0.15, 0.2) is 0 Å². The van der Waals surface area contributed by atoms with Crippen LogP contribution in [0.4, 0.5) is 0 Å². The van der Waals surface area contributed by atoms with Gasteiger partial charge in [0.1, 0.15) is 0 Å². The van der Waals surface area contributed by atoms with Crippen molar-refractivity contribution in [3.8, 4) is 0 Å². The third-order valence-electron chi connectivity index (χ3n) is 0.827. The van der Waals surface area contributed by atoms with Crippen molar-refractivity contribution in [3.05, 3.63) is 0 Å². The number of hydrogen-bond acceptors (Lipinski definition) is 2. The van der Waals surface area contributed by atoms with E-state index >= 15 is 0 Å². The molecule has 0 bridgehead atoms. The molecule has 0 aromatic carbocycles. The summed E-state index contributed by atoms with van der Waals surface area (Å²) in [5.41, 5.74) is 0. The van der Waals surface area contributed by atoms with E-state index in [0.717, 1.165) is 6.16 Å². The highest BCUT2D eigenvalue weighted by molar-refractivity contribution is 7.46. The van der Waals surface area contributed by atoms with Crippen LogP contribution < -0.4 is 0 Å². The second-order valence-corrected chi connectivity index (χ2v) is 3.95. The van der Waals surface area contributed by atoms with Crippen molar-refractivity contribution in [1.82, 2.24) is 0 Å². The zero-order chi connectivity index (χ0) is 7.28. The molecule has 0 aromatic heterocycles. The summed E-state index contributed by atoms with van der Waals surface area (Å²) in [6.07, 6.45) is 0.738. The first-order valence-corrected chi connectivity index (χ1v) is 4.66. The molecule has 0 aliphatic carbocycles. The van der Waals surface area contributed by atoms with Crippen LogP contribution >= 0.6 is 8.38 Å². The molecule has 56 valence electrons. The van der Waals surface area contributed by atoms with Crippen molar-refractivity contribution in [2.24, 2.45) is 5.92 Å². The average Bonchev–Trinajstić information content (AvgIpc) is 1.83. The molecule has 1 unspecified atom stereocenters. The lowest BCUT2D eigenvalue weighted by Crippen LogP contribution is -1.98. The first kappa shape index (κ1) is 9.35. The second-order valence-electron chi connectivity index (χ2n) is 2.36. The van der Waals surface area contributed by atoms with E-state index in [9.17, 15) is 0 Å². The third-order valence-corrected chi connectivity index (χ3v) is 1.82. The van der Waals surface area contributed by atoms with Crippen molar-refractivity contribution in [1.29, 1.82) is 0 Å². The summed E-state index contributed by atoms with van der Waals surface area (Å²) in [5, 5.41) is 0. The molecule has 3 heteroatoms. The van der Waals surface area contributed by atoms with Gasteiger partial charge in [-0.3, -0.25) is 0 Å². The number of hydrogen-bond donors (Lipinski definition) is 1. The highest BCUT2D eigenvalue weighted by atomic mass is 31.2. The van der Waals surface area contributed by atoms with Gasteiger partial charge in [0.05, 0.1) is 6.61 Å². The fourth-order valence-electron chi connectivity index (χ4n) is 0.326.